The van der Waals surface area contributed by atoms with Crippen molar-refractivity contribution >= 4 is 10.1 Å². The topological polar surface area (TPSA) is 57.2 Å². The van der Waals surface area contributed by atoms with E-state index in [9.17, 15) is 48.1 Å². The van der Waals surface area contributed by atoms with E-state index in [1.807, 2.05) is 0 Å². The van der Waals surface area contributed by atoms with E-state index in [0.717, 1.165) is 0 Å². The third-order valence-electron chi connectivity index (χ3n) is 2.34. The van der Waals surface area contributed by atoms with E-state index in [-0.39, 0.29) is 0 Å². The van der Waals surface area contributed by atoms with Gasteiger partial charge >= 0.3 is 17.8 Å². The van der Waals surface area contributed by atoms with Crippen molar-refractivity contribution in [3.8, 4) is 0 Å². The average molecular weight is 307 g/mol. The van der Waals surface area contributed by atoms with Gasteiger partial charge in [-0.25, -0.2) is 17.2 Å². The van der Waals surface area contributed by atoms with Crippen LogP contribution in [0.4, 0.5) is 35.1 Å². The second-order valence-corrected chi connectivity index (χ2v) is 5.17. The summed E-state index contributed by atoms with van der Waals surface area (Å²) in [5, 5.41) is -4.74. The van der Waals surface area contributed by atoms with Crippen LogP contribution in [0, 0.1) is 0 Å². The molecule has 0 aliphatic heterocycles. The Labute approximate surface area is 94.5 Å². The van der Waals surface area contributed by atoms with Crippen LogP contribution in [0.5, 0.6) is 0 Å². The summed E-state index contributed by atoms with van der Waals surface area (Å²) >= 11 is 0. The average Bonchev–Trinajstić information content (AvgIpc) is 1.93. The summed E-state index contributed by atoms with van der Waals surface area (Å²) in [5.74, 6) is -24.1. The van der Waals surface area contributed by atoms with Crippen molar-refractivity contribution in [1.29, 1.82) is 0 Å². The molecule has 0 amide bonds. The van der Waals surface area contributed by atoms with Gasteiger partial charge in [-0.1, -0.05) is 0 Å². The first-order chi connectivity index (χ1) is 7.57. The normalized spacial score (nSPS) is 33.1. The second kappa shape index (κ2) is 3.46. The summed E-state index contributed by atoms with van der Waals surface area (Å²) in [6, 6.07) is 0. The Kier molecular flexibility index (Phi) is 2.96. The van der Waals surface area contributed by atoms with Crippen molar-refractivity contribution in [3.63, 3.8) is 0 Å². The minimum Gasteiger partial charge on any atom is -0.747 e. The van der Waals surface area contributed by atoms with E-state index in [2.05, 4.69) is 0 Å². The highest BCUT2D eigenvalue weighted by Crippen LogP contribution is 2.59. The Hall–Kier alpha value is -0.650. The van der Waals surface area contributed by atoms with Gasteiger partial charge in [-0.3, -0.25) is 0 Å². The van der Waals surface area contributed by atoms with E-state index in [4.69, 9.17) is 0 Å². The predicted octanol–water partition coefficient (Wildman–Crippen LogP) is 1.85. The van der Waals surface area contributed by atoms with Gasteiger partial charge in [0.15, 0.2) is 5.25 Å². The van der Waals surface area contributed by atoms with Crippen LogP contribution in [0.2, 0.25) is 0 Å². The molecule has 0 radical (unpaired) electrons. The van der Waals surface area contributed by atoms with Crippen molar-refractivity contribution < 1.29 is 48.1 Å². The maximum Gasteiger partial charge on any atom is 0.373 e. The van der Waals surface area contributed by atoms with Crippen LogP contribution >= 0.6 is 0 Å². The number of hydrogen-bond donors (Lipinski definition) is 0. The largest absolute Gasteiger partial charge is 0.747 e. The second-order valence-electron chi connectivity index (χ2n) is 3.71. The smallest absolute Gasteiger partial charge is 0.373 e. The molecule has 108 valence electrons. The van der Waals surface area contributed by atoms with E-state index in [0.29, 0.717) is 0 Å². The molecule has 1 unspecified atom stereocenters. The Morgan fingerprint density at radius 1 is 0.944 bits per heavy atom. The predicted molar refractivity (Wildman–Crippen MR) is 37.9 cm³/mol. The third-order valence-corrected chi connectivity index (χ3v) is 3.56. The standard InChI is InChI=1S/C6H4F8O3S/c7-3(8)1-4(9,10)6(13,14)5(11,12)2(3)18(15,16)17/h2H,1H2,(H,15,16,17)/p-1. The van der Waals surface area contributed by atoms with Crippen LogP contribution in [0.15, 0.2) is 0 Å². The van der Waals surface area contributed by atoms with Gasteiger partial charge < -0.3 is 4.55 Å². The molecule has 12 heteroatoms. The van der Waals surface area contributed by atoms with Crippen LogP contribution in [-0.4, -0.2) is 41.9 Å². The van der Waals surface area contributed by atoms with Gasteiger partial charge in [-0.2, -0.15) is 26.3 Å². The lowest BCUT2D eigenvalue weighted by Crippen LogP contribution is -2.71. The van der Waals surface area contributed by atoms with Crippen molar-refractivity contribution in [2.75, 3.05) is 0 Å². The lowest BCUT2D eigenvalue weighted by molar-refractivity contribution is -0.359. The zero-order valence-electron chi connectivity index (χ0n) is 7.94. The van der Waals surface area contributed by atoms with Crippen molar-refractivity contribution in [3.05, 3.63) is 0 Å². The van der Waals surface area contributed by atoms with Crippen LogP contribution < -0.4 is 0 Å². The Bertz CT molecular complexity index is 455. The van der Waals surface area contributed by atoms with E-state index < -0.39 is 45.5 Å². The van der Waals surface area contributed by atoms with Gasteiger partial charge in [0, 0.05) is 0 Å². The number of hydrogen-bond acceptors (Lipinski definition) is 3. The molecule has 1 aliphatic rings. The van der Waals surface area contributed by atoms with E-state index in [1.165, 1.54) is 0 Å². The summed E-state index contributed by atoms with van der Waals surface area (Å²) in [4.78, 5) is 0. The Balaban J connectivity index is 3.55. The molecule has 0 aromatic carbocycles. The summed E-state index contributed by atoms with van der Waals surface area (Å²) in [5.41, 5.74) is 0. The molecule has 0 spiro atoms. The first kappa shape index (κ1) is 15.4. The van der Waals surface area contributed by atoms with Crippen molar-refractivity contribution in [1.82, 2.24) is 0 Å². The molecular weight excluding hydrogens is 304 g/mol. The molecule has 0 aromatic rings. The quantitative estimate of drug-likeness (QED) is 0.549. The summed E-state index contributed by atoms with van der Waals surface area (Å²) < 4.78 is 132. The van der Waals surface area contributed by atoms with Crippen LogP contribution in [0.3, 0.4) is 0 Å². The first-order valence-corrected chi connectivity index (χ1v) is 5.50. The Morgan fingerprint density at radius 3 is 1.67 bits per heavy atom. The highest BCUT2D eigenvalue weighted by Gasteiger charge is 2.84. The molecule has 0 N–H and O–H groups in total. The molecular formula is C6H3F8O3S-. The van der Waals surface area contributed by atoms with Gasteiger partial charge in [0.05, 0.1) is 6.42 Å². The van der Waals surface area contributed by atoms with Gasteiger partial charge in [0.2, 0.25) is 0 Å². The highest BCUT2D eigenvalue weighted by atomic mass is 32.2. The minimum atomic E-state index is -6.63. The molecule has 1 saturated carbocycles. The fourth-order valence-electron chi connectivity index (χ4n) is 1.57. The van der Waals surface area contributed by atoms with Gasteiger partial charge in [0.1, 0.15) is 10.1 Å². The van der Waals surface area contributed by atoms with Crippen molar-refractivity contribution in [2.24, 2.45) is 0 Å². The molecule has 0 saturated heterocycles. The Morgan fingerprint density at radius 2 is 1.33 bits per heavy atom. The van der Waals surface area contributed by atoms with Gasteiger partial charge in [-0.05, 0) is 0 Å². The molecule has 3 nitrogen and oxygen atoms in total. The molecule has 0 heterocycles. The lowest BCUT2D eigenvalue weighted by atomic mass is 9.85. The first-order valence-electron chi connectivity index (χ1n) is 4.03. The van der Waals surface area contributed by atoms with E-state index >= 15 is 0 Å². The van der Waals surface area contributed by atoms with Gasteiger partial charge in [0.25, 0.3) is 5.92 Å². The van der Waals surface area contributed by atoms with E-state index in [1.54, 1.807) is 0 Å². The molecule has 18 heavy (non-hydrogen) atoms. The lowest BCUT2D eigenvalue weighted by Gasteiger charge is -2.46. The highest BCUT2D eigenvalue weighted by molar-refractivity contribution is 7.86. The third kappa shape index (κ3) is 1.85. The number of halogens is 8. The minimum absolute atomic E-state index is 3.16. The van der Waals surface area contributed by atoms with Crippen LogP contribution in [0.25, 0.3) is 0 Å². The number of alkyl halides is 8. The summed E-state index contributed by atoms with van der Waals surface area (Å²) in [6.45, 7) is 0. The SMILES string of the molecule is O=S(=O)([O-])C1C(F)(F)CC(F)(F)C(F)(F)C1(F)F. The summed E-state index contributed by atoms with van der Waals surface area (Å²) in [7, 11) is -6.63. The summed E-state index contributed by atoms with van der Waals surface area (Å²) in [6.07, 6.45) is -3.16. The number of rotatable bonds is 1. The molecule has 0 bridgehead atoms. The van der Waals surface area contributed by atoms with Crippen LogP contribution in [-0.2, 0) is 10.1 Å². The van der Waals surface area contributed by atoms with Crippen LogP contribution in [0.1, 0.15) is 6.42 Å². The molecule has 0 aromatic heterocycles. The maximum atomic E-state index is 12.8. The molecule has 1 rings (SSSR count). The van der Waals surface area contributed by atoms with Gasteiger partial charge in [-0.15, -0.1) is 0 Å². The zero-order valence-corrected chi connectivity index (χ0v) is 8.76. The fourth-order valence-corrected chi connectivity index (χ4v) is 2.58. The fraction of sp³-hybridized carbons (Fsp3) is 1.00. The van der Waals surface area contributed by atoms with Crippen molar-refractivity contribution in [2.45, 2.75) is 35.4 Å². The molecule has 1 aliphatic carbocycles. The monoisotopic (exact) mass is 307 g/mol. The zero-order chi connectivity index (χ0) is 14.8. The maximum absolute atomic E-state index is 12.8. The molecule has 1 atom stereocenters. The molecule has 1 fully saturated rings.